The van der Waals surface area contributed by atoms with Crippen molar-refractivity contribution in [1.29, 1.82) is 0 Å². The predicted molar refractivity (Wildman–Crippen MR) is 153 cm³/mol. The van der Waals surface area contributed by atoms with Crippen LogP contribution in [-0.2, 0) is 13.0 Å². The minimum absolute atomic E-state index is 0.211. The molecule has 3 heterocycles. The van der Waals surface area contributed by atoms with Gasteiger partial charge in [-0.05, 0) is 86.7 Å². The van der Waals surface area contributed by atoms with Gasteiger partial charge in [-0.15, -0.1) is 6.42 Å². The lowest BCUT2D eigenvalue weighted by Crippen LogP contribution is -2.43. The molecule has 8 nitrogen and oxygen atoms in total. The van der Waals surface area contributed by atoms with Gasteiger partial charge in [0.15, 0.2) is 0 Å². The molecule has 0 aliphatic heterocycles. The van der Waals surface area contributed by atoms with Gasteiger partial charge in [-0.1, -0.05) is 18.1 Å². The summed E-state index contributed by atoms with van der Waals surface area (Å²) in [5.41, 5.74) is 5.55. The van der Waals surface area contributed by atoms with Crippen molar-refractivity contribution in [3.63, 3.8) is 0 Å². The standard InChI is InChI=1S/C31H30N6O2/c1-7-24-12-23(9-8-21(24)5)17-35-29(33-30(38)37(31(35)39)27-10-20(4)15-32-16-27)14-25-13-26-18-36(19(2)3)34-28(26)11-22(25)6/h1,8-13,15-16,18-19H,14,17H2,2-6H3. The molecule has 0 aliphatic carbocycles. The summed E-state index contributed by atoms with van der Waals surface area (Å²) in [7, 11) is 0. The quantitative estimate of drug-likeness (QED) is 0.314. The SMILES string of the molecule is C#Cc1cc(Cn2c(Cc3cc4cn(C(C)C)nc4cc3C)nc(=O)n(-c3cncc(C)c3)c2=O)ccc1C. The van der Waals surface area contributed by atoms with Crippen LogP contribution >= 0.6 is 0 Å². The number of aryl methyl sites for hydroxylation is 3. The molecule has 0 saturated carbocycles. The molecular weight excluding hydrogens is 488 g/mol. The van der Waals surface area contributed by atoms with Gasteiger partial charge in [0, 0.05) is 35.8 Å². The second-order valence-corrected chi connectivity index (χ2v) is 10.2. The second-order valence-electron chi connectivity index (χ2n) is 10.2. The van der Waals surface area contributed by atoms with Crippen molar-refractivity contribution in [2.75, 3.05) is 0 Å². The summed E-state index contributed by atoms with van der Waals surface area (Å²) in [6, 6.07) is 11.8. The van der Waals surface area contributed by atoms with Crippen molar-refractivity contribution in [2.45, 2.75) is 53.6 Å². The molecule has 0 radical (unpaired) electrons. The first-order chi connectivity index (χ1) is 18.6. The zero-order valence-electron chi connectivity index (χ0n) is 22.8. The first kappa shape index (κ1) is 25.9. The molecule has 5 aromatic rings. The lowest BCUT2D eigenvalue weighted by molar-refractivity contribution is 0.537. The predicted octanol–water partition coefficient (Wildman–Crippen LogP) is 4.27. The third kappa shape index (κ3) is 5.04. The van der Waals surface area contributed by atoms with E-state index in [1.165, 1.54) is 6.20 Å². The van der Waals surface area contributed by atoms with Crippen LogP contribution in [0.2, 0.25) is 0 Å². The van der Waals surface area contributed by atoms with E-state index in [1.807, 2.05) is 55.9 Å². The van der Waals surface area contributed by atoms with Crippen LogP contribution in [0, 0.1) is 33.1 Å². The maximum Gasteiger partial charge on any atom is 0.358 e. The van der Waals surface area contributed by atoms with Gasteiger partial charge >= 0.3 is 11.4 Å². The molecule has 0 amide bonds. The largest absolute Gasteiger partial charge is 0.358 e. The van der Waals surface area contributed by atoms with Crippen LogP contribution in [0.1, 0.15) is 59.1 Å². The topological polar surface area (TPSA) is 87.6 Å². The van der Waals surface area contributed by atoms with Crippen molar-refractivity contribution in [1.82, 2.24) is 28.9 Å². The molecule has 0 bridgehead atoms. The molecule has 2 aromatic carbocycles. The number of rotatable bonds is 6. The fourth-order valence-electron chi connectivity index (χ4n) is 4.68. The minimum Gasteiger partial charge on any atom is -0.276 e. The van der Waals surface area contributed by atoms with Gasteiger partial charge in [0.2, 0.25) is 0 Å². The van der Waals surface area contributed by atoms with Crippen LogP contribution in [0.5, 0.6) is 0 Å². The molecule has 3 aromatic heterocycles. The van der Waals surface area contributed by atoms with E-state index in [0.29, 0.717) is 17.9 Å². The molecular formula is C31H30N6O2. The van der Waals surface area contributed by atoms with E-state index in [-0.39, 0.29) is 12.6 Å². The highest BCUT2D eigenvalue weighted by molar-refractivity contribution is 5.80. The number of nitrogens with zero attached hydrogens (tertiary/aromatic N) is 6. The molecule has 196 valence electrons. The molecule has 0 atom stereocenters. The van der Waals surface area contributed by atoms with Crippen LogP contribution in [0.15, 0.2) is 64.6 Å². The average Bonchev–Trinajstić information content (AvgIpc) is 3.30. The van der Waals surface area contributed by atoms with E-state index in [1.54, 1.807) is 16.8 Å². The maximum atomic E-state index is 13.9. The average molecular weight is 519 g/mol. The molecule has 8 heteroatoms. The fourth-order valence-corrected chi connectivity index (χ4v) is 4.68. The van der Waals surface area contributed by atoms with Gasteiger partial charge in [0.05, 0.1) is 23.9 Å². The zero-order valence-corrected chi connectivity index (χ0v) is 22.8. The van der Waals surface area contributed by atoms with Crippen molar-refractivity contribution in [3.8, 4) is 18.0 Å². The maximum absolute atomic E-state index is 13.9. The third-order valence-electron chi connectivity index (χ3n) is 6.92. The van der Waals surface area contributed by atoms with Crippen molar-refractivity contribution in [3.05, 3.63) is 115 Å². The summed E-state index contributed by atoms with van der Waals surface area (Å²) < 4.78 is 4.55. The highest BCUT2D eigenvalue weighted by Crippen LogP contribution is 2.22. The van der Waals surface area contributed by atoms with Gasteiger partial charge in [0.1, 0.15) is 5.82 Å². The molecule has 0 aliphatic rings. The second kappa shape index (κ2) is 10.2. The first-order valence-electron chi connectivity index (χ1n) is 12.8. The number of hydrogen-bond acceptors (Lipinski definition) is 5. The Morgan fingerprint density at radius 2 is 1.79 bits per heavy atom. The summed E-state index contributed by atoms with van der Waals surface area (Å²) in [6.07, 6.45) is 11.2. The lowest BCUT2D eigenvalue weighted by Gasteiger charge is -2.16. The Kier molecular flexibility index (Phi) is 6.75. The highest BCUT2D eigenvalue weighted by atomic mass is 16.2. The molecule has 0 N–H and O–H groups in total. The van der Waals surface area contributed by atoms with Crippen LogP contribution in [0.3, 0.4) is 0 Å². The normalized spacial score (nSPS) is 11.3. The number of terminal acetylenes is 1. The Bertz CT molecular complexity index is 1880. The summed E-state index contributed by atoms with van der Waals surface area (Å²) in [6.45, 7) is 10.2. The number of fused-ring (bicyclic) bond motifs is 1. The number of aromatic nitrogens is 6. The Morgan fingerprint density at radius 1 is 1.00 bits per heavy atom. The Labute approximate surface area is 226 Å². The van der Waals surface area contributed by atoms with Crippen molar-refractivity contribution >= 4 is 10.9 Å². The summed E-state index contributed by atoms with van der Waals surface area (Å²) >= 11 is 0. The van der Waals surface area contributed by atoms with Gasteiger partial charge < -0.3 is 0 Å². The van der Waals surface area contributed by atoms with Crippen molar-refractivity contribution < 1.29 is 0 Å². The Balaban J connectivity index is 1.67. The van der Waals surface area contributed by atoms with Crippen LogP contribution in [-0.4, -0.2) is 28.9 Å². The van der Waals surface area contributed by atoms with Gasteiger partial charge in [-0.25, -0.2) is 14.2 Å². The van der Waals surface area contributed by atoms with E-state index in [9.17, 15) is 9.59 Å². The van der Waals surface area contributed by atoms with Crippen LogP contribution < -0.4 is 11.4 Å². The Hall–Kier alpha value is -4.77. The number of pyridine rings is 1. The number of hydrogen-bond donors (Lipinski definition) is 0. The molecule has 0 unspecified atom stereocenters. The number of benzene rings is 2. The van der Waals surface area contributed by atoms with E-state index >= 15 is 0 Å². The van der Waals surface area contributed by atoms with E-state index in [0.717, 1.165) is 48.9 Å². The molecule has 39 heavy (non-hydrogen) atoms. The molecule has 5 rings (SSSR count). The molecule has 0 fully saturated rings. The van der Waals surface area contributed by atoms with Crippen molar-refractivity contribution in [2.24, 2.45) is 0 Å². The third-order valence-corrected chi connectivity index (χ3v) is 6.92. The molecule has 0 spiro atoms. The smallest absolute Gasteiger partial charge is 0.276 e. The molecule has 0 saturated heterocycles. The highest BCUT2D eigenvalue weighted by Gasteiger charge is 2.18. The van der Waals surface area contributed by atoms with E-state index in [2.05, 4.69) is 40.9 Å². The fraction of sp³-hybridized carbons (Fsp3) is 0.258. The lowest BCUT2D eigenvalue weighted by atomic mass is 10.0. The Morgan fingerprint density at radius 3 is 2.51 bits per heavy atom. The van der Waals surface area contributed by atoms with Crippen LogP contribution in [0.4, 0.5) is 0 Å². The van der Waals surface area contributed by atoms with E-state index in [4.69, 9.17) is 6.42 Å². The summed E-state index contributed by atoms with van der Waals surface area (Å²) in [5.74, 6) is 3.08. The monoisotopic (exact) mass is 518 g/mol. The van der Waals surface area contributed by atoms with E-state index < -0.39 is 11.4 Å². The summed E-state index contributed by atoms with van der Waals surface area (Å²) in [5, 5.41) is 5.66. The minimum atomic E-state index is -0.641. The van der Waals surface area contributed by atoms with Gasteiger partial charge in [0.25, 0.3) is 0 Å². The first-order valence-corrected chi connectivity index (χ1v) is 12.8. The van der Waals surface area contributed by atoms with Crippen LogP contribution in [0.25, 0.3) is 16.6 Å². The van der Waals surface area contributed by atoms with Gasteiger partial charge in [-0.3, -0.25) is 14.2 Å². The van der Waals surface area contributed by atoms with Gasteiger partial charge in [-0.2, -0.15) is 10.1 Å². The summed E-state index contributed by atoms with van der Waals surface area (Å²) in [4.78, 5) is 35.8. The zero-order chi connectivity index (χ0) is 27.8.